The zero-order chi connectivity index (χ0) is 15.4. The molecule has 0 unspecified atom stereocenters. The van der Waals surface area contributed by atoms with Gasteiger partial charge < -0.3 is 16.0 Å². The number of unbranched alkanes of at least 4 members (excludes halogenated alkanes) is 1. The van der Waals surface area contributed by atoms with Crippen molar-refractivity contribution in [3.05, 3.63) is 28.6 Å². The highest BCUT2D eigenvalue weighted by Crippen LogP contribution is 2.34. The number of nitrogens with two attached hydrogens (primary N) is 1. The number of carbonyl (C=O) groups excluding carboxylic acids is 1. The molecule has 0 radical (unpaired) electrons. The lowest BCUT2D eigenvalue weighted by Crippen LogP contribution is -2.25. The molecule has 1 heterocycles. The van der Waals surface area contributed by atoms with Gasteiger partial charge in [-0.2, -0.15) is 0 Å². The number of nitrogen functional groups attached to an aromatic ring is 1. The topological polar surface area (TPSA) is 58.4 Å². The number of nitrogens with one attached hydrogen (secondary N) is 1. The molecule has 0 bridgehead atoms. The largest absolute Gasteiger partial charge is 0.397 e. The number of thiophene rings is 1. The lowest BCUT2D eigenvalue weighted by atomic mass is 10.1. The van der Waals surface area contributed by atoms with Crippen molar-refractivity contribution in [1.29, 1.82) is 0 Å². The van der Waals surface area contributed by atoms with E-state index in [4.69, 9.17) is 5.73 Å². The van der Waals surface area contributed by atoms with Crippen molar-refractivity contribution in [2.75, 3.05) is 32.9 Å². The number of aryl methyl sites for hydroxylation is 1. The first-order valence-electron chi connectivity index (χ1n) is 7.20. The third-order valence-electron chi connectivity index (χ3n) is 3.41. The van der Waals surface area contributed by atoms with E-state index in [9.17, 15) is 4.79 Å². The van der Waals surface area contributed by atoms with Crippen molar-refractivity contribution in [2.24, 2.45) is 0 Å². The summed E-state index contributed by atoms with van der Waals surface area (Å²) in [5.74, 6) is -0.0591. The van der Waals surface area contributed by atoms with Gasteiger partial charge in [0.25, 0.3) is 5.91 Å². The van der Waals surface area contributed by atoms with Crippen LogP contribution < -0.4 is 11.1 Å². The molecule has 2 rings (SSSR count). The lowest BCUT2D eigenvalue weighted by molar-refractivity contribution is 0.0957. The number of fused-ring (bicyclic) bond motifs is 1. The minimum Gasteiger partial charge on any atom is -0.397 e. The summed E-state index contributed by atoms with van der Waals surface area (Å²) in [5, 5.41) is 3.95. The molecular weight excluding hydrogens is 282 g/mol. The average Bonchev–Trinajstić information content (AvgIpc) is 2.75. The standard InChI is InChI=1S/C16H23N3OS/c1-11-6-7-13-12(10-11)14(17)15(21-13)16(20)18-8-4-5-9-19(2)3/h6-7,10H,4-5,8-9,17H2,1-3H3,(H,18,20). The summed E-state index contributed by atoms with van der Waals surface area (Å²) in [5.41, 5.74) is 7.88. The minimum absolute atomic E-state index is 0.0591. The van der Waals surface area contributed by atoms with Gasteiger partial charge >= 0.3 is 0 Å². The number of carbonyl (C=O) groups is 1. The molecule has 0 atom stereocenters. The third-order valence-corrected chi connectivity index (χ3v) is 4.59. The highest BCUT2D eigenvalue weighted by molar-refractivity contribution is 7.21. The van der Waals surface area contributed by atoms with E-state index in [1.165, 1.54) is 11.3 Å². The van der Waals surface area contributed by atoms with E-state index in [1.807, 2.05) is 25.1 Å². The van der Waals surface area contributed by atoms with Gasteiger partial charge in [0.1, 0.15) is 4.88 Å². The monoisotopic (exact) mass is 305 g/mol. The van der Waals surface area contributed by atoms with Crippen molar-refractivity contribution >= 4 is 33.0 Å². The molecule has 0 saturated heterocycles. The van der Waals surface area contributed by atoms with Crippen LogP contribution in [-0.2, 0) is 0 Å². The Bertz CT molecular complexity index is 634. The molecule has 4 nitrogen and oxygen atoms in total. The molecule has 5 heteroatoms. The maximum atomic E-state index is 12.2. The molecule has 0 aliphatic heterocycles. The number of benzene rings is 1. The zero-order valence-electron chi connectivity index (χ0n) is 12.9. The molecular formula is C16H23N3OS. The van der Waals surface area contributed by atoms with Crippen LogP contribution in [0.15, 0.2) is 18.2 Å². The normalized spacial score (nSPS) is 11.2. The molecule has 0 spiro atoms. The summed E-state index contributed by atoms with van der Waals surface area (Å²) in [7, 11) is 4.11. The Morgan fingerprint density at radius 1 is 1.33 bits per heavy atom. The van der Waals surface area contributed by atoms with Crippen molar-refractivity contribution in [3.8, 4) is 0 Å². The van der Waals surface area contributed by atoms with Gasteiger partial charge in [-0.3, -0.25) is 4.79 Å². The number of hydrogen-bond donors (Lipinski definition) is 2. The minimum atomic E-state index is -0.0591. The van der Waals surface area contributed by atoms with Crippen LogP contribution in [0.3, 0.4) is 0 Å². The van der Waals surface area contributed by atoms with Crippen LogP contribution >= 0.6 is 11.3 Å². The first kappa shape index (κ1) is 15.8. The van der Waals surface area contributed by atoms with Gasteiger partial charge in [0.2, 0.25) is 0 Å². The van der Waals surface area contributed by atoms with Gasteiger partial charge in [0.15, 0.2) is 0 Å². The quantitative estimate of drug-likeness (QED) is 0.807. The maximum Gasteiger partial charge on any atom is 0.263 e. The predicted molar refractivity (Wildman–Crippen MR) is 91.1 cm³/mol. The van der Waals surface area contributed by atoms with E-state index in [-0.39, 0.29) is 5.91 Å². The fourth-order valence-corrected chi connectivity index (χ4v) is 3.25. The summed E-state index contributed by atoms with van der Waals surface area (Å²) < 4.78 is 1.07. The summed E-state index contributed by atoms with van der Waals surface area (Å²) in [4.78, 5) is 15.0. The lowest BCUT2D eigenvalue weighted by Gasteiger charge is -2.09. The van der Waals surface area contributed by atoms with Crippen molar-refractivity contribution in [2.45, 2.75) is 19.8 Å². The fraction of sp³-hybridized carbons (Fsp3) is 0.438. The number of amides is 1. The first-order chi connectivity index (χ1) is 9.99. The number of rotatable bonds is 6. The van der Waals surface area contributed by atoms with Crippen LogP contribution in [0, 0.1) is 6.92 Å². The van der Waals surface area contributed by atoms with Crippen LogP contribution in [-0.4, -0.2) is 38.0 Å². The van der Waals surface area contributed by atoms with E-state index in [1.54, 1.807) is 0 Å². The Morgan fingerprint density at radius 3 is 2.81 bits per heavy atom. The highest BCUT2D eigenvalue weighted by atomic mass is 32.1. The second-order valence-corrected chi connectivity index (χ2v) is 6.66. The molecule has 114 valence electrons. The summed E-state index contributed by atoms with van der Waals surface area (Å²) in [6.07, 6.45) is 2.06. The van der Waals surface area contributed by atoms with Gasteiger partial charge in [0.05, 0.1) is 5.69 Å². The predicted octanol–water partition coefficient (Wildman–Crippen LogP) is 2.86. The molecule has 0 aliphatic rings. The Labute approximate surface area is 129 Å². The van der Waals surface area contributed by atoms with Crippen LogP contribution in [0.1, 0.15) is 28.1 Å². The van der Waals surface area contributed by atoms with Crippen molar-refractivity contribution in [1.82, 2.24) is 10.2 Å². The van der Waals surface area contributed by atoms with Crippen molar-refractivity contribution in [3.63, 3.8) is 0 Å². The second-order valence-electron chi connectivity index (χ2n) is 5.61. The zero-order valence-corrected chi connectivity index (χ0v) is 13.7. The molecule has 3 N–H and O–H groups in total. The summed E-state index contributed by atoms with van der Waals surface area (Å²) in [6, 6.07) is 6.11. The molecule has 1 aromatic carbocycles. The van der Waals surface area contributed by atoms with Crippen LogP contribution in [0.2, 0.25) is 0 Å². The second kappa shape index (κ2) is 6.91. The van der Waals surface area contributed by atoms with Gasteiger partial charge in [-0.15, -0.1) is 11.3 Å². The molecule has 0 saturated carbocycles. The summed E-state index contributed by atoms with van der Waals surface area (Å²) >= 11 is 1.46. The van der Waals surface area contributed by atoms with Gasteiger partial charge in [-0.1, -0.05) is 11.6 Å². The summed E-state index contributed by atoms with van der Waals surface area (Å²) in [6.45, 7) is 3.76. The highest BCUT2D eigenvalue weighted by Gasteiger charge is 2.15. The fourth-order valence-electron chi connectivity index (χ4n) is 2.23. The molecule has 2 aromatic rings. The maximum absolute atomic E-state index is 12.2. The SMILES string of the molecule is Cc1ccc2sc(C(=O)NCCCCN(C)C)c(N)c2c1. The van der Waals surface area contributed by atoms with E-state index in [0.29, 0.717) is 17.1 Å². The van der Waals surface area contributed by atoms with Gasteiger partial charge in [-0.05, 0) is 52.5 Å². The van der Waals surface area contributed by atoms with Crippen LogP contribution in [0.4, 0.5) is 5.69 Å². The van der Waals surface area contributed by atoms with E-state index >= 15 is 0 Å². The Balaban J connectivity index is 1.98. The Kier molecular flexibility index (Phi) is 5.20. The Hall–Kier alpha value is -1.59. The van der Waals surface area contributed by atoms with E-state index in [0.717, 1.165) is 35.0 Å². The van der Waals surface area contributed by atoms with Gasteiger partial charge in [-0.25, -0.2) is 0 Å². The third kappa shape index (κ3) is 3.95. The van der Waals surface area contributed by atoms with Crippen molar-refractivity contribution < 1.29 is 4.79 Å². The first-order valence-corrected chi connectivity index (χ1v) is 8.02. The smallest absolute Gasteiger partial charge is 0.263 e. The number of anilines is 1. The van der Waals surface area contributed by atoms with E-state index in [2.05, 4.69) is 24.3 Å². The van der Waals surface area contributed by atoms with Gasteiger partial charge in [0, 0.05) is 16.6 Å². The average molecular weight is 305 g/mol. The van der Waals surface area contributed by atoms with E-state index < -0.39 is 0 Å². The van der Waals surface area contributed by atoms with Crippen LogP contribution in [0.5, 0.6) is 0 Å². The van der Waals surface area contributed by atoms with Crippen LogP contribution in [0.25, 0.3) is 10.1 Å². The molecule has 21 heavy (non-hydrogen) atoms. The number of hydrogen-bond acceptors (Lipinski definition) is 4. The molecule has 1 aromatic heterocycles. The molecule has 0 aliphatic carbocycles. The number of nitrogens with zero attached hydrogens (tertiary/aromatic N) is 1. The Morgan fingerprint density at radius 2 is 2.10 bits per heavy atom. The molecule has 1 amide bonds. The molecule has 0 fully saturated rings.